The van der Waals surface area contributed by atoms with Gasteiger partial charge in [-0.2, -0.15) is 0 Å². The number of nitrogens with zero attached hydrogens (tertiary/aromatic N) is 1. The van der Waals surface area contributed by atoms with E-state index in [4.69, 9.17) is 9.41 Å². The van der Waals surface area contributed by atoms with Crippen LogP contribution in [0.5, 0.6) is 0 Å². The van der Waals surface area contributed by atoms with Crippen LogP contribution < -0.4 is 10.6 Å². The van der Waals surface area contributed by atoms with E-state index in [1.165, 1.54) is 21.9 Å². The molecular formula is C43H31N3O. The molecule has 0 spiro atoms. The molecule has 1 aliphatic heterocycles. The quantitative estimate of drug-likeness (QED) is 0.205. The van der Waals surface area contributed by atoms with Crippen LogP contribution in [0.4, 0.5) is 0 Å². The molecule has 2 N–H and O–H groups in total. The third-order valence-electron chi connectivity index (χ3n) is 9.17. The fourth-order valence-electron chi connectivity index (χ4n) is 6.85. The van der Waals surface area contributed by atoms with Crippen molar-refractivity contribution >= 4 is 38.5 Å². The first-order valence-corrected chi connectivity index (χ1v) is 16.0. The molecule has 0 aliphatic carbocycles. The van der Waals surface area contributed by atoms with Crippen molar-refractivity contribution in [3.05, 3.63) is 180 Å². The van der Waals surface area contributed by atoms with Gasteiger partial charge in [0.05, 0.1) is 0 Å². The first-order chi connectivity index (χ1) is 23.3. The van der Waals surface area contributed by atoms with Gasteiger partial charge in [-0.15, -0.1) is 0 Å². The summed E-state index contributed by atoms with van der Waals surface area (Å²) < 4.78 is 6.52. The zero-order valence-electron chi connectivity index (χ0n) is 25.6. The van der Waals surface area contributed by atoms with Gasteiger partial charge in [-0.25, -0.2) is 4.99 Å². The summed E-state index contributed by atoms with van der Waals surface area (Å²) in [4.78, 5) is 5.11. The van der Waals surface area contributed by atoms with Crippen molar-refractivity contribution < 1.29 is 4.42 Å². The van der Waals surface area contributed by atoms with Gasteiger partial charge in [-0.3, -0.25) is 5.32 Å². The van der Waals surface area contributed by atoms with Crippen molar-refractivity contribution in [3.8, 4) is 22.3 Å². The Bertz CT molecular complexity index is 2410. The van der Waals surface area contributed by atoms with Gasteiger partial charge in [-0.05, 0) is 56.8 Å². The van der Waals surface area contributed by atoms with Crippen LogP contribution in [-0.4, -0.2) is 5.84 Å². The number of nitrogens with one attached hydrogen (secondary N) is 2. The SMILES string of the molecule is c1ccc(C2=NC(c3ccccc3)NC(c3cccc4oc5cccc(-c6ccc(-c7ccc8ccccc8c7)cc6)c5c34)N2)cc1. The van der Waals surface area contributed by atoms with Crippen LogP contribution in [-0.2, 0) is 0 Å². The molecule has 2 unspecified atom stereocenters. The highest BCUT2D eigenvalue weighted by Crippen LogP contribution is 2.41. The van der Waals surface area contributed by atoms with E-state index < -0.39 is 0 Å². The van der Waals surface area contributed by atoms with Gasteiger partial charge in [0.25, 0.3) is 0 Å². The van der Waals surface area contributed by atoms with E-state index in [2.05, 4.69) is 162 Å². The van der Waals surface area contributed by atoms with E-state index in [9.17, 15) is 0 Å². The van der Waals surface area contributed by atoms with Crippen LogP contribution >= 0.6 is 0 Å². The standard InChI is InChI=1S/C43H31N3O/c1-3-12-31(13-4-1)41-44-42(32-14-5-2-6-15-32)46-43(45-41)36-18-10-20-38-40(36)39-35(17-9-19-37(39)47-38)30-24-21-29(22-25-30)34-26-23-28-11-7-8-16-33(28)27-34/h1-27,41,43,45H,(H,44,46). The summed E-state index contributed by atoms with van der Waals surface area (Å²) in [5.74, 6) is 0.859. The first kappa shape index (κ1) is 27.3. The summed E-state index contributed by atoms with van der Waals surface area (Å²) in [5.41, 5.74) is 9.72. The van der Waals surface area contributed by atoms with Crippen LogP contribution in [0.2, 0.25) is 0 Å². The van der Waals surface area contributed by atoms with Gasteiger partial charge >= 0.3 is 0 Å². The fourth-order valence-corrected chi connectivity index (χ4v) is 6.85. The molecule has 224 valence electrons. The summed E-state index contributed by atoms with van der Waals surface area (Å²) in [6.07, 6.45) is -0.422. The highest BCUT2D eigenvalue weighted by Gasteiger charge is 2.28. The lowest BCUT2D eigenvalue weighted by molar-refractivity contribution is 0.411. The molecule has 1 aliphatic rings. The van der Waals surface area contributed by atoms with Gasteiger partial charge in [0.1, 0.15) is 29.3 Å². The van der Waals surface area contributed by atoms with Gasteiger partial charge in [-0.1, -0.05) is 146 Å². The number of furan rings is 1. The zero-order valence-corrected chi connectivity index (χ0v) is 25.6. The smallest absolute Gasteiger partial charge is 0.136 e. The highest BCUT2D eigenvalue weighted by atomic mass is 16.3. The molecule has 0 saturated carbocycles. The molecule has 0 radical (unpaired) electrons. The van der Waals surface area contributed by atoms with E-state index in [1.807, 2.05) is 12.1 Å². The molecule has 0 fully saturated rings. The normalized spacial score (nSPS) is 16.3. The number of benzene rings is 7. The Morgan fingerprint density at radius 1 is 0.489 bits per heavy atom. The summed E-state index contributed by atoms with van der Waals surface area (Å²) in [6.45, 7) is 0. The second kappa shape index (κ2) is 11.4. The molecule has 47 heavy (non-hydrogen) atoms. The van der Waals surface area contributed by atoms with Crippen LogP contribution in [0.25, 0.3) is 55.0 Å². The lowest BCUT2D eigenvalue weighted by atomic mass is 9.94. The molecule has 2 atom stereocenters. The van der Waals surface area contributed by atoms with Gasteiger partial charge in [0.2, 0.25) is 0 Å². The van der Waals surface area contributed by atoms with Crippen molar-refractivity contribution in [1.29, 1.82) is 0 Å². The minimum absolute atomic E-state index is 0.208. The molecule has 1 aromatic heterocycles. The van der Waals surface area contributed by atoms with Crippen molar-refractivity contribution in [2.45, 2.75) is 12.3 Å². The van der Waals surface area contributed by atoms with E-state index in [0.717, 1.165) is 55.6 Å². The maximum Gasteiger partial charge on any atom is 0.136 e. The summed E-state index contributed by atoms with van der Waals surface area (Å²) >= 11 is 0. The third kappa shape index (κ3) is 4.96. The minimum Gasteiger partial charge on any atom is -0.456 e. The second-order valence-corrected chi connectivity index (χ2v) is 12.0. The molecular weight excluding hydrogens is 574 g/mol. The van der Waals surface area contributed by atoms with E-state index in [0.29, 0.717) is 0 Å². The molecule has 0 amide bonds. The Hall–Kier alpha value is -5.97. The maximum atomic E-state index is 6.52. The summed E-state index contributed by atoms with van der Waals surface area (Å²) in [5, 5.41) is 12.2. The number of aliphatic imine (C=N–C) groups is 1. The average molecular weight is 606 g/mol. The van der Waals surface area contributed by atoms with Crippen molar-refractivity contribution in [3.63, 3.8) is 0 Å². The third-order valence-corrected chi connectivity index (χ3v) is 9.17. The zero-order chi connectivity index (χ0) is 31.2. The lowest BCUT2D eigenvalue weighted by Crippen LogP contribution is -2.45. The number of fused-ring (bicyclic) bond motifs is 4. The summed E-state index contributed by atoms with van der Waals surface area (Å²) in [7, 11) is 0. The lowest BCUT2D eigenvalue weighted by Gasteiger charge is -2.32. The van der Waals surface area contributed by atoms with Gasteiger partial charge in [0, 0.05) is 21.9 Å². The number of hydrogen-bond donors (Lipinski definition) is 2. The van der Waals surface area contributed by atoms with Crippen LogP contribution in [0, 0.1) is 0 Å². The van der Waals surface area contributed by atoms with E-state index in [1.54, 1.807) is 0 Å². The fraction of sp³-hybridized carbons (Fsp3) is 0.0465. The van der Waals surface area contributed by atoms with Crippen molar-refractivity contribution in [2.75, 3.05) is 0 Å². The predicted molar refractivity (Wildman–Crippen MR) is 193 cm³/mol. The Balaban J connectivity index is 1.15. The molecule has 4 nitrogen and oxygen atoms in total. The van der Waals surface area contributed by atoms with Crippen LogP contribution in [0.1, 0.15) is 29.0 Å². The van der Waals surface area contributed by atoms with E-state index in [-0.39, 0.29) is 12.3 Å². The van der Waals surface area contributed by atoms with Crippen molar-refractivity contribution in [1.82, 2.24) is 10.6 Å². The molecule has 4 heteroatoms. The maximum absolute atomic E-state index is 6.52. The van der Waals surface area contributed by atoms with E-state index >= 15 is 0 Å². The van der Waals surface area contributed by atoms with Gasteiger partial charge in [0.15, 0.2) is 0 Å². The number of hydrogen-bond acceptors (Lipinski definition) is 4. The Morgan fingerprint density at radius 3 is 1.96 bits per heavy atom. The summed E-state index contributed by atoms with van der Waals surface area (Å²) in [6, 6.07) is 57.5. The molecule has 8 aromatic rings. The number of amidine groups is 1. The second-order valence-electron chi connectivity index (χ2n) is 12.0. The molecule has 9 rings (SSSR count). The molecule has 2 heterocycles. The molecule has 0 bridgehead atoms. The largest absolute Gasteiger partial charge is 0.456 e. The number of rotatable bonds is 5. The molecule has 7 aromatic carbocycles. The Labute approximate surface area is 273 Å². The Morgan fingerprint density at radius 2 is 1.15 bits per heavy atom. The average Bonchev–Trinajstić information content (AvgIpc) is 3.55. The topological polar surface area (TPSA) is 49.6 Å². The monoisotopic (exact) mass is 605 g/mol. The first-order valence-electron chi connectivity index (χ1n) is 16.0. The minimum atomic E-state index is -0.215. The van der Waals surface area contributed by atoms with Crippen LogP contribution in [0.15, 0.2) is 173 Å². The van der Waals surface area contributed by atoms with Crippen LogP contribution in [0.3, 0.4) is 0 Å². The highest BCUT2D eigenvalue weighted by molar-refractivity contribution is 6.14. The van der Waals surface area contributed by atoms with Crippen molar-refractivity contribution in [2.24, 2.45) is 4.99 Å². The van der Waals surface area contributed by atoms with Gasteiger partial charge < -0.3 is 9.73 Å². The molecule has 0 saturated heterocycles. The Kier molecular flexibility index (Phi) is 6.65. The predicted octanol–water partition coefficient (Wildman–Crippen LogP) is 10.4.